The molecule has 1 atom stereocenters. The quantitative estimate of drug-likeness (QED) is 0.909. The van der Waals surface area contributed by atoms with Gasteiger partial charge in [0.05, 0.1) is 6.42 Å². The zero-order chi connectivity index (χ0) is 13.1. The van der Waals surface area contributed by atoms with Gasteiger partial charge in [-0.2, -0.15) is 13.2 Å². The summed E-state index contributed by atoms with van der Waals surface area (Å²) in [5.41, 5.74) is 0.335. The lowest BCUT2D eigenvalue weighted by Gasteiger charge is -2.15. The number of rotatable bonds is 3. The van der Waals surface area contributed by atoms with E-state index in [1.165, 1.54) is 6.92 Å². The molecule has 0 heterocycles. The second-order valence-electron chi connectivity index (χ2n) is 3.70. The molecule has 6 heteroatoms. The van der Waals surface area contributed by atoms with Gasteiger partial charge in [0.2, 0.25) is 0 Å². The SMILES string of the molecule is CC(CC(F)(F)F)NC(=O)c1ccc(Br)cc1. The van der Waals surface area contributed by atoms with Gasteiger partial charge in [-0.1, -0.05) is 15.9 Å². The minimum absolute atomic E-state index is 0.335. The Morgan fingerprint density at radius 2 is 1.88 bits per heavy atom. The molecular formula is C11H11BrF3NO. The molecule has 1 amide bonds. The van der Waals surface area contributed by atoms with Crippen LogP contribution in [0.5, 0.6) is 0 Å². The molecule has 17 heavy (non-hydrogen) atoms. The van der Waals surface area contributed by atoms with Crippen molar-refractivity contribution < 1.29 is 18.0 Å². The predicted octanol–water partition coefficient (Wildman–Crippen LogP) is 3.52. The minimum atomic E-state index is -4.27. The molecule has 0 spiro atoms. The summed E-state index contributed by atoms with van der Waals surface area (Å²) >= 11 is 3.20. The van der Waals surface area contributed by atoms with Gasteiger partial charge in [0.15, 0.2) is 0 Å². The van der Waals surface area contributed by atoms with Gasteiger partial charge in [0.25, 0.3) is 5.91 Å². The standard InChI is InChI=1S/C11H11BrF3NO/c1-7(6-11(13,14)15)16-10(17)8-2-4-9(12)5-3-8/h2-5,7H,6H2,1H3,(H,16,17). The van der Waals surface area contributed by atoms with Crippen LogP contribution in [0.25, 0.3) is 0 Å². The number of amides is 1. The number of carbonyl (C=O) groups excluding carboxylic acids is 1. The maximum atomic E-state index is 12.1. The third kappa shape index (κ3) is 5.21. The lowest BCUT2D eigenvalue weighted by molar-refractivity contribution is -0.138. The number of benzene rings is 1. The van der Waals surface area contributed by atoms with E-state index >= 15 is 0 Å². The van der Waals surface area contributed by atoms with E-state index in [4.69, 9.17) is 0 Å². The van der Waals surface area contributed by atoms with Crippen molar-refractivity contribution in [2.45, 2.75) is 25.6 Å². The van der Waals surface area contributed by atoms with Gasteiger partial charge in [-0.15, -0.1) is 0 Å². The molecular weight excluding hydrogens is 299 g/mol. The molecule has 94 valence electrons. The summed E-state index contributed by atoms with van der Waals surface area (Å²) in [5.74, 6) is -0.505. The third-order valence-corrected chi connectivity index (χ3v) is 2.55. The molecule has 0 aliphatic rings. The van der Waals surface area contributed by atoms with Crippen LogP contribution in [-0.4, -0.2) is 18.1 Å². The van der Waals surface area contributed by atoms with Gasteiger partial charge in [-0.25, -0.2) is 0 Å². The highest BCUT2D eigenvalue weighted by atomic mass is 79.9. The normalized spacial score (nSPS) is 13.2. The van der Waals surface area contributed by atoms with Crippen molar-refractivity contribution in [2.75, 3.05) is 0 Å². The molecule has 1 rings (SSSR count). The highest BCUT2D eigenvalue weighted by Crippen LogP contribution is 2.21. The van der Waals surface area contributed by atoms with E-state index in [2.05, 4.69) is 21.2 Å². The van der Waals surface area contributed by atoms with E-state index in [0.29, 0.717) is 5.56 Å². The molecule has 0 saturated carbocycles. The van der Waals surface area contributed by atoms with Crippen molar-refractivity contribution in [3.8, 4) is 0 Å². The maximum Gasteiger partial charge on any atom is 0.391 e. The number of carbonyl (C=O) groups is 1. The highest BCUT2D eigenvalue weighted by molar-refractivity contribution is 9.10. The zero-order valence-electron chi connectivity index (χ0n) is 9.01. The Morgan fingerprint density at radius 1 is 1.35 bits per heavy atom. The molecule has 1 aromatic rings. The Balaban J connectivity index is 2.57. The van der Waals surface area contributed by atoms with E-state index < -0.39 is 24.5 Å². The Hall–Kier alpha value is -1.04. The fourth-order valence-corrected chi connectivity index (χ4v) is 1.57. The lowest BCUT2D eigenvalue weighted by atomic mass is 10.2. The van der Waals surface area contributed by atoms with Crippen LogP contribution in [-0.2, 0) is 0 Å². The first-order chi connectivity index (χ1) is 7.78. The summed E-state index contributed by atoms with van der Waals surface area (Å²) < 4.78 is 37.0. The summed E-state index contributed by atoms with van der Waals surface area (Å²) in [5, 5.41) is 2.30. The molecule has 1 unspecified atom stereocenters. The minimum Gasteiger partial charge on any atom is -0.349 e. The van der Waals surface area contributed by atoms with Crippen LogP contribution in [0, 0.1) is 0 Å². The number of halogens is 4. The number of alkyl halides is 3. The summed E-state index contributed by atoms with van der Waals surface area (Å²) in [6, 6.07) is 5.46. The molecule has 0 radical (unpaired) electrons. The van der Waals surface area contributed by atoms with E-state index in [0.717, 1.165) is 4.47 Å². The van der Waals surface area contributed by atoms with E-state index in [9.17, 15) is 18.0 Å². The highest BCUT2D eigenvalue weighted by Gasteiger charge is 2.30. The third-order valence-electron chi connectivity index (χ3n) is 2.02. The Kier molecular flexibility index (Phi) is 4.56. The van der Waals surface area contributed by atoms with Gasteiger partial charge in [0, 0.05) is 16.1 Å². The number of hydrogen-bond donors (Lipinski definition) is 1. The van der Waals surface area contributed by atoms with Crippen molar-refractivity contribution in [3.63, 3.8) is 0 Å². The maximum absolute atomic E-state index is 12.1. The van der Waals surface area contributed by atoms with Crippen LogP contribution in [0.15, 0.2) is 28.7 Å². The predicted molar refractivity (Wildman–Crippen MR) is 61.7 cm³/mol. The van der Waals surface area contributed by atoms with Crippen LogP contribution in [0.4, 0.5) is 13.2 Å². The van der Waals surface area contributed by atoms with Crippen LogP contribution in [0.3, 0.4) is 0 Å². The largest absolute Gasteiger partial charge is 0.391 e. The topological polar surface area (TPSA) is 29.1 Å². The first-order valence-corrected chi connectivity index (χ1v) is 5.70. The lowest BCUT2D eigenvalue weighted by Crippen LogP contribution is -2.35. The fourth-order valence-electron chi connectivity index (χ4n) is 1.31. The van der Waals surface area contributed by atoms with Gasteiger partial charge in [-0.3, -0.25) is 4.79 Å². The molecule has 2 nitrogen and oxygen atoms in total. The number of hydrogen-bond acceptors (Lipinski definition) is 1. The summed E-state index contributed by atoms with van der Waals surface area (Å²) in [6.45, 7) is 1.32. The average Bonchev–Trinajstić information content (AvgIpc) is 2.15. The van der Waals surface area contributed by atoms with Crippen LogP contribution in [0.2, 0.25) is 0 Å². The summed E-state index contributed by atoms with van der Waals surface area (Å²) in [7, 11) is 0. The van der Waals surface area contributed by atoms with Crippen molar-refractivity contribution >= 4 is 21.8 Å². The van der Waals surface area contributed by atoms with Crippen molar-refractivity contribution in [1.29, 1.82) is 0 Å². The Bertz CT molecular complexity index is 389. The van der Waals surface area contributed by atoms with E-state index in [1.54, 1.807) is 24.3 Å². The second-order valence-corrected chi connectivity index (χ2v) is 4.62. The molecule has 1 aromatic carbocycles. The Morgan fingerprint density at radius 3 is 2.35 bits per heavy atom. The van der Waals surface area contributed by atoms with Gasteiger partial charge < -0.3 is 5.32 Å². The van der Waals surface area contributed by atoms with Crippen LogP contribution in [0.1, 0.15) is 23.7 Å². The Labute approximate surface area is 105 Å². The molecule has 0 fully saturated rings. The first-order valence-electron chi connectivity index (χ1n) is 4.91. The molecule has 0 bridgehead atoms. The van der Waals surface area contributed by atoms with Gasteiger partial charge in [-0.05, 0) is 31.2 Å². The second kappa shape index (κ2) is 5.53. The van der Waals surface area contributed by atoms with Crippen molar-refractivity contribution in [3.05, 3.63) is 34.3 Å². The van der Waals surface area contributed by atoms with Crippen LogP contribution >= 0.6 is 15.9 Å². The molecule has 1 N–H and O–H groups in total. The molecule has 0 aliphatic heterocycles. The molecule has 0 saturated heterocycles. The van der Waals surface area contributed by atoms with E-state index in [1.807, 2.05) is 0 Å². The van der Waals surface area contributed by atoms with Crippen molar-refractivity contribution in [1.82, 2.24) is 5.32 Å². The van der Waals surface area contributed by atoms with Crippen LogP contribution < -0.4 is 5.32 Å². The molecule has 0 aromatic heterocycles. The smallest absolute Gasteiger partial charge is 0.349 e. The first kappa shape index (κ1) is 14.0. The average molecular weight is 310 g/mol. The van der Waals surface area contributed by atoms with Gasteiger partial charge >= 0.3 is 6.18 Å². The summed E-state index contributed by atoms with van der Waals surface area (Å²) in [4.78, 5) is 11.6. The monoisotopic (exact) mass is 309 g/mol. The van der Waals surface area contributed by atoms with Crippen molar-refractivity contribution in [2.24, 2.45) is 0 Å². The number of nitrogens with one attached hydrogen (secondary N) is 1. The summed E-state index contributed by atoms with van der Waals surface area (Å²) in [6.07, 6.45) is -5.30. The van der Waals surface area contributed by atoms with E-state index in [-0.39, 0.29) is 0 Å². The fraction of sp³-hybridized carbons (Fsp3) is 0.364. The van der Waals surface area contributed by atoms with Gasteiger partial charge in [0.1, 0.15) is 0 Å². The molecule has 0 aliphatic carbocycles. The zero-order valence-corrected chi connectivity index (χ0v) is 10.6.